The maximum Gasteiger partial charge on any atom is 0.328 e. The van der Waals surface area contributed by atoms with Crippen molar-refractivity contribution in [1.82, 2.24) is 16.0 Å². The molecule has 3 aromatic rings. The Bertz CT molecular complexity index is 1350. The van der Waals surface area contributed by atoms with Crippen molar-refractivity contribution in [1.29, 1.82) is 0 Å². The molecule has 12 nitrogen and oxygen atoms in total. The third kappa shape index (κ3) is 9.61. The highest BCUT2D eigenvalue weighted by Gasteiger charge is 2.30. The van der Waals surface area contributed by atoms with Crippen LogP contribution in [0.5, 0.6) is 11.5 Å². The van der Waals surface area contributed by atoms with Crippen molar-refractivity contribution < 1.29 is 39.6 Å². The Hall–Kier alpha value is -4.94. The Morgan fingerprint density at radius 2 is 1.00 bits per heavy atom. The Balaban J connectivity index is 1.82. The quantitative estimate of drug-likeness (QED) is 0.129. The van der Waals surface area contributed by atoms with Gasteiger partial charge in [-0.05, 0) is 47.4 Å². The number of aliphatic hydroxyl groups is 1. The summed E-state index contributed by atoms with van der Waals surface area (Å²) in [6.45, 7) is -0.856. The molecule has 0 bridgehead atoms. The van der Waals surface area contributed by atoms with Crippen molar-refractivity contribution in [3.8, 4) is 11.5 Å². The predicted molar refractivity (Wildman–Crippen MR) is 152 cm³/mol. The van der Waals surface area contributed by atoms with E-state index in [-0.39, 0.29) is 30.8 Å². The lowest BCUT2D eigenvalue weighted by Gasteiger charge is -2.25. The molecule has 0 aliphatic carbocycles. The highest BCUT2D eigenvalue weighted by Crippen LogP contribution is 2.14. The van der Waals surface area contributed by atoms with Crippen LogP contribution in [0.4, 0.5) is 0 Å². The smallest absolute Gasteiger partial charge is 0.328 e. The molecule has 0 radical (unpaired) electrons. The Morgan fingerprint density at radius 1 is 0.595 bits per heavy atom. The van der Waals surface area contributed by atoms with Crippen LogP contribution in [0.3, 0.4) is 0 Å². The molecule has 4 unspecified atom stereocenters. The van der Waals surface area contributed by atoms with Gasteiger partial charge in [-0.2, -0.15) is 0 Å². The molecule has 0 saturated carbocycles. The number of aliphatic hydroxyl groups excluding tert-OH is 1. The molecule has 4 atom stereocenters. The third-order valence-electron chi connectivity index (χ3n) is 6.45. The van der Waals surface area contributed by atoms with Crippen molar-refractivity contribution in [2.45, 2.75) is 43.4 Å². The van der Waals surface area contributed by atoms with Gasteiger partial charge in [-0.25, -0.2) is 4.79 Å². The zero-order chi connectivity index (χ0) is 30.6. The summed E-state index contributed by atoms with van der Waals surface area (Å²) in [5.41, 5.74) is 8.07. The fourth-order valence-electron chi connectivity index (χ4n) is 4.12. The van der Waals surface area contributed by atoms with Crippen LogP contribution in [0.25, 0.3) is 0 Å². The molecule has 3 aromatic carbocycles. The van der Waals surface area contributed by atoms with E-state index in [1.54, 1.807) is 54.6 Å². The van der Waals surface area contributed by atoms with Crippen LogP contribution in [0, 0.1) is 0 Å². The summed E-state index contributed by atoms with van der Waals surface area (Å²) in [6, 6.07) is 15.8. The molecule has 0 heterocycles. The highest BCUT2D eigenvalue weighted by molar-refractivity contribution is 5.94. The molecule has 0 fully saturated rings. The number of rotatable bonds is 14. The van der Waals surface area contributed by atoms with Crippen LogP contribution >= 0.6 is 0 Å². The topological polar surface area (TPSA) is 211 Å². The minimum atomic E-state index is -1.59. The summed E-state index contributed by atoms with van der Waals surface area (Å²) in [4.78, 5) is 51.1. The minimum absolute atomic E-state index is 0.00355. The summed E-state index contributed by atoms with van der Waals surface area (Å²) in [6.07, 6.45) is 0.102. The second-order valence-electron chi connectivity index (χ2n) is 9.74. The van der Waals surface area contributed by atoms with Gasteiger partial charge < -0.3 is 42.1 Å². The number of carbonyl (C=O) groups is 4. The van der Waals surface area contributed by atoms with Crippen LogP contribution in [0.15, 0.2) is 78.9 Å². The van der Waals surface area contributed by atoms with E-state index in [0.29, 0.717) is 16.7 Å². The van der Waals surface area contributed by atoms with Gasteiger partial charge in [0.05, 0.1) is 12.6 Å². The Kier molecular flexibility index (Phi) is 11.4. The number of amides is 3. The normalized spacial score (nSPS) is 13.7. The first kappa shape index (κ1) is 31.6. The molecule has 0 spiro atoms. The minimum Gasteiger partial charge on any atom is -0.508 e. The lowest BCUT2D eigenvalue weighted by molar-refractivity contribution is -0.143. The van der Waals surface area contributed by atoms with Crippen molar-refractivity contribution in [3.05, 3.63) is 95.6 Å². The summed E-state index contributed by atoms with van der Waals surface area (Å²) >= 11 is 0. The van der Waals surface area contributed by atoms with Crippen molar-refractivity contribution in [2.24, 2.45) is 5.73 Å². The second-order valence-corrected chi connectivity index (χ2v) is 9.74. The second kappa shape index (κ2) is 15.2. The number of phenols is 2. The molecule has 9 N–H and O–H groups in total. The fourth-order valence-corrected chi connectivity index (χ4v) is 4.12. The number of carbonyl (C=O) groups excluding carboxylic acids is 3. The summed E-state index contributed by atoms with van der Waals surface area (Å²) in [7, 11) is 0. The average molecular weight is 579 g/mol. The van der Waals surface area contributed by atoms with E-state index in [9.17, 15) is 39.6 Å². The van der Waals surface area contributed by atoms with E-state index in [2.05, 4.69) is 16.0 Å². The monoisotopic (exact) mass is 578 g/mol. The number of hydrogen-bond donors (Lipinski definition) is 8. The fraction of sp³-hybridized carbons (Fsp3) is 0.267. The number of aliphatic carboxylic acids is 1. The Morgan fingerprint density at radius 3 is 1.45 bits per heavy atom. The van der Waals surface area contributed by atoms with Gasteiger partial charge in [0.25, 0.3) is 0 Å². The molecule has 0 aromatic heterocycles. The first-order valence-corrected chi connectivity index (χ1v) is 13.2. The molecule has 0 saturated heterocycles. The van der Waals surface area contributed by atoms with Crippen molar-refractivity contribution >= 4 is 23.7 Å². The number of carboxylic acid groups (broad SMARTS) is 1. The van der Waals surface area contributed by atoms with E-state index in [4.69, 9.17) is 5.73 Å². The van der Waals surface area contributed by atoms with Crippen molar-refractivity contribution in [3.63, 3.8) is 0 Å². The number of nitrogens with two attached hydrogens (primary N) is 1. The largest absolute Gasteiger partial charge is 0.508 e. The SMILES string of the molecule is NC(Cc1ccc(O)cc1)C(=O)NC(Cc1ccc(O)cc1)C(=O)NC(Cc1ccccc1)C(=O)NC(CO)C(=O)O. The standard InChI is InChI=1S/C30H34N4O8/c31-23(14-19-6-10-21(36)11-7-19)27(38)32-24(16-20-8-12-22(37)13-9-20)28(39)33-25(15-18-4-2-1-3-5-18)29(40)34-26(17-35)30(41)42/h1-13,23-26,35-37H,14-17,31H2,(H,32,38)(H,33,39)(H,34,40)(H,41,42). The van der Waals surface area contributed by atoms with E-state index in [0.717, 1.165) is 0 Å². The average Bonchev–Trinajstić information content (AvgIpc) is 2.97. The number of benzene rings is 3. The molecular formula is C30H34N4O8. The molecule has 0 aliphatic rings. The van der Waals surface area contributed by atoms with E-state index in [1.165, 1.54) is 24.3 Å². The van der Waals surface area contributed by atoms with Crippen LogP contribution in [-0.2, 0) is 38.4 Å². The third-order valence-corrected chi connectivity index (χ3v) is 6.45. The van der Waals surface area contributed by atoms with Gasteiger partial charge in [-0.15, -0.1) is 0 Å². The summed E-state index contributed by atoms with van der Waals surface area (Å²) < 4.78 is 0. The van der Waals surface area contributed by atoms with Gasteiger partial charge in [-0.3, -0.25) is 14.4 Å². The zero-order valence-corrected chi connectivity index (χ0v) is 22.6. The molecule has 3 rings (SSSR count). The molecule has 42 heavy (non-hydrogen) atoms. The summed E-state index contributed by atoms with van der Waals surface area (Å²) in [5.74, 6) is -3.60. The number of carboxylic acids is 1. The lowest BCUT2D eigenvalue weighted by atomic mass is 10.0. The van der Waals surface area contributed by atoms with Crippen LogP contribution in [0.1, 0.15) is 16.7 Å². The van der Waals surface area contributed by atoms with Gasteiger partial charge in [0.15, 0.2) is 0 Å². The van der Waals surface area contributed by atoms with Crippen LogP contribution < -0.4 is 21.7 Å². The van der Waals surface area contributed by atoms with E-state index in [1.807, 2.05) is 0 Å². The lowest BCUT2D eigenvalue weighted by Crippen LogP contribution is -2.58. The van der Waals surface area contributed by atoms with Gasteiger partial charge in [0, 0.05) is 12.8 Å². The molecule has 222 valence electrons. The molecular weight excluding hydrogens is 544 g/mol. The van der Waals surface area contributed by atoms with E-state index < -0.39 is 54.5 Å². The maximum atomic E-state index is 13.6. The molecule has 12 heteroatoms. The molecule has 3 amide bonds. The van der Waals surface area contributed by atoms with Crippen molar-refractivity contribution in [2.75, 3.05) is 6.61 Å². The highest BCUT2D eigenvalue weighted by atomic mass is 16.4. The number of nitrogens with one attached hydrogen (secondary N) is 3. The first-order chi connectivity index (χ1) is 20.0. The number of phenolic OH excluding ortho intramolecular Hbond substituents is 2. The van der Waals surface area contributed by atoms with Gasteiger partial charge >= 0.3 is 5.97 Å². The number of aromatic hydroxyl groups is 2. The first-order valence-electron chi connectivity index (χ1n) is 13.2. The zero-order valence-electron chi connectivity index (χ0n) is 22.6. The Labute approximate surface area is 242 Å². The maximum absolute atomic E-state index is 13.6. The summed E-state index contributed by atoms with van der Waals surface area (Å²) in [5, 5.41) is 45.2. The van der Waals surface area contributed by atoms with E-state index >= 15 is 0 Å². The van der Waals surface area contributed by atoms with Crippen LogP contribution in [-0.4, -0.2) is 74.9 Å². The van der Waals surface area contributed by atoms with Gasteiger partial charge in [-0.1, -0.05) is 54.6 Å². The van der Waals surface area contributed by atoms with Gasteiger partial charge in [0.1, 0.15) is 29.6 Å². The van der Waals surface area contributed by atoms with Crippen LogP contribution in [0.2, 0.25) is 0 Å². The number of hydrogen-bond acceptors (Lipinski definition) is 8. The van der Waals surface area contributed by atoms with Gasteiger partial charge in [0.2, 0.25) is 17.7 Å². The predicted octanol–water partition coefficient (Wildman–Crippen LogP) is -0.0157. The molecule has 0 aliphatic heterocycles.